The minimum absolute atomic E-state index is 0.0790. The molecule has 1 saturated heterocycles. The van der Waals surface area contributed by atoms with E-state index in [0.717, 1.165) is 6.42 Å². The van der Waals surface area contributed by atoms with Gasteiger partial charge in [-0.1, -0.05) is 0 Å². The van der Waals surface area contributed by atoms with Crippen LogP contribution in [-0.4, -0.2) is 46.9 Å². The molecule has 5 nitrogen and oxygen atoms in total. The quantitative estimate of drug-likeness (QED) is 0.642. The molecule has 1 rings (SSSR count). The summed E-state index contributed by atoms with van der Waals surface area (Å²) in [7, 11) is 0. The Kier molecular flexibility index (Phi) is 4.15. The molecule has 0 aromatic rings. The molecule has 1 aliphatic heterocycles. The number of ether oxygens (including phenoxy) is 1. The number of amides is 1. The second-order valence-corrected chi connectivity index (χ2v) is 5.38. The van der Waals surface area contributed by atoms with Crippen molar-refractivity contribution in [1.29, 1.82) is 0 Å². The molecule has 16 heavy (non-hydrogen) atoms. The first kappa shape index (κ1) is 13.3. The Morgan fingerprint density at radius 3 is 2.56 bits per heavy atom. The van der Waals surface area contributed by atoms with Gasteiger partial charge in [-0.15, -0.1) is 0 Å². The summed E-state index contributed by atoms with van der Waals surface area (Å²) >= 11 is 0. The van der Waals surface area contributed by atoms with Crippen LogP contribution in [-0.2, 0) is 4.74 Å². The summed E-state index contributed by atoms with van der Waals surface area (Å²) in [4.78, 5) is 13.3. The highest BCUT2D eigenvalue weighted by Crippen LogP contribution is 2.14. The fourth-order valence-corrected chi connectivity index (χ4v) is 1.68. The van der Waals surface area contributed by atoms with Crippen molar-refractivity contribution < 1.29 is 14.6 Å². The largest absolute Gasteiger partial charge is 0.444 e. The average molecular weight is 230 g/mol. The minimum Gasteiger partial charge on any atom is -0.444 e. The Bertz CT molecular complexity index is 238. The van der Waals surface area contributed by atoms with E-state index < -0.39 is 17.8 Å². The van der Waals surface area contributed by atoms with Crippen LogP contribution < -0.4 is 5.73 Å². The van der Waals surface area contributed by atoms with Crippen molar-refractivity contribution in [3.63, 3.8) is 0 Å². The van der Waals surface area contributed by atoms with E-state index >= 15 is 0 Å². The average Bonchev–Trinajstić information content (AvgIpc) is 2.25. The molecule has 1 amide bonds. The number of nitrogens with two attached hydrogens (primary N) is 1. The number of hydrogen-bond acceptors (Lipinski definition) is 4. The van der Waals surface area contributed by atoms with Crippen molar-refractivity contribution in [3.8, 4) is 0 Å². The van der Waals surface area contributed by atoms with E-state index in [0.29, 0.717) is 19.5 Å². The maximum Gasteiger partial charge on any atom is 0.410 e. The molecule has 0 bridgehead atoms. The molecular weight excluding hydrogens is 208 g/mol. The van der Waals surface area contributed by atoms with Crippen molar-refractivity contribution >= 4 is 6.09 Å². The number of nitrogens with zero attached hydrogens (tertiary/aromatic N) is 1. The van der Waals surface area contributed by atoms with Crippen molar-refractivity contribution in [1.82, 2.24) is 4.90 Å². The lowest BCUT2D eigenvalue weighted by atomic mass is 10.1. The molecule has 1 fully saturated rings. The van der Waals surface area contributed by atoms with E-state index in [1.54, 1.807) is 0 Å². The van der Waals surface area contributed by atoms with E-state index in [-0.39, 0.29) is 6.04 Å². The third kappa shape index (κ3) is 4.37. The third-order valence-corrected chi connectivity index (χ3v) is 2.41. The van der Waals surface area contributed by atoms with Gasteiger partial charge in [-0.25, -0.2) is 4.79 Å². The molecule has 0 aromatic carbocycles. The number of rotatable bonds is 0. The minimum atomic E-state index is -0.515. The lowest BCUT2D eigenvalue weighted by Crippen LogP contribution is -2.44. The topological polar surface area (TPSA) is 75.8 Å². The highest BCUT2D eigenvalue weighted by atomic mass is 16.6. The van der Waals surface area contributed by atoms with E-state index in [1.807, 2.05) is 20.8 Å². The van der Waals surface area contributed by atoms with Crippen molar-refractivity contribution in [2.45, 2.75) is 51.4 Å². The lowest BCUT2D eigenvalue weighted by Gasteiger charge is -2.28. The smallest absolute Gasteiger partial charge is 0.410 e. The zero-order chi connectivity index (χ0) is 12.3. The molecule has 94 valence electrons. The number of hydrogen-bond donors (Lipinski definition) is 2. The van der Waals surface area contributed by atoms with Crippen LogP contribution in [0.2, 0.25) is 0 Å². The maximum atomic E-state index is 11.8. The molecular formula is C11H22N2O3. The van der Waals surface area contributed by atoms with Gasteiger partial charge < -0.3 is 20.5 Å². The van der Waals surface area contributed by atoms with Crippen LogP contribution in [0, 0.1) is 0 Å². The molecule has 1 heterocycles. The monoisotopic (exact) mass is 230 g/mol. The van der Waals surface area contributed by atoms with Crippen LogP contribution in [0.1, 0.15) is 33.6 Å². The molecule has 0 saturated carbocycles. The van der Waals surface area contributed by atoms with Crippen LogP contribution in [0.4, 0.5) is 4.79 Å². The second-order valence-electron chi connectivity index (χ2n) is 5.38. The summed E-state index contributed by atoms with van der Waals surface area (Å²) < 4.78 is 5.25. The zero-order valence-electron chi connectivity index (χ0n) is 10.3. The fourth-order valence-electron chi connectivity index (χ4n) is 1.68. The number of β-amino-alcohol motifs (C(OH)–C–C–N with tert-alkyl or cyclic N) is 1. The number of aliphatic hydroxyl groups excluding tert-OH is 1. The Morgan fingerprint density at radius 2 is 2.00 bits per heavy atom. The molecule has 5 heteroatoms. The Labute approximate surface area is 96.6 Å². The van der Waals surface area contributed by atoms with Gasteiger partial charge in [-0.05, 0) is 33.6 Å². The third-order valence-electron chi connectivity index (χ3n) is 2.41. The lowest BCUT2D eigenvalue weighted by molar-refractivity contribution is 0.0168. The predicted molar refractivity (Wildman–Crippen MR) is 61.0 cm³/mol. The standard InChI is InChI=1S/C11H22N2O3/c1-11(2,3)16-10(15)13-6-8(12)4-5-9(14)7-13/h8-9,14H,4-7,12H2,1-3H3/t8-,9-/m1/s1. The van der Waals surface area contributed by atoms with Gasteiger partial charge >= 0.3 is 6.09 Å². The molecule has 2 atom stereocenters. The van der Waals surface area contributed by atoms with E-state index in [1.165, 1.54) is 4.90 Å². The first-order chi connectivity index (χ1) is 7.28. The van der Waals surface area contributed by atoms with Gasteiger partial charge in [0.1, 0.15) is 5.60 Å². The SMILES string of the molecule is CC(C)(C)OC(=O)N1C[C@H](N)CC[C@@H](O)C1. The molecule has 0 radical (unpaired) electrons. The molecule has 0 unspecified atom stereocenters. The van der Waals surface area contributed by atoms with Crippen LogP contribution >= 0.6 is 0 Å². The van der Waals surface area contributed by atoms with Gasteiger partial charge in [0.05, 0.1) is 6.10 Å². The Morgan fingerprint density at radius 1 is 1.38 bits per heavy atom. The van der Waals surface area contributed by atoms with Gasteiger partial charge in [0.15, 0.2) is 0 Å². The second kappa shape index (κ2) is 5.01. The zero-order valence-corrected chi connectivity index (χ0v) is 10.3. The first-order valence-corrected chi connectivity index (χ1v) is 5.69. The highest BCUT2D eigenvalue weighted by Gasteiger charge is 2.27. The molecule has 1 aliphatic rings. The molecule has 3 N–H and O–H groups in total. The fraction of sp³-hybridized carbons (Fsp3) is 0.909. The normalized spacial score (nSPS) is 27.4. The van der Waals surface area contributed by atoms with E-state index in [9.17, 15) is 9.90 Å². The number of aliphatic hydroxyl groups is 1. The van der Waals surface area contributed by atoms with Crippen molar-refractivity contribution in [2.24, 2.45) is 5.73 Å². The van der Waals surface area contributed by atoms with Gasteiger partial charge in [-0.2, -0.15) is 0 Å². The van der Waals surface area contributed by atoms with E-state index in [4.69, 9.17) is 10.5 Å². The molecule has 0 aliphatic carbocycles. The van der Waals surface area contributed by atoms with Gasteiger partial charge in [0, 0.05) is 19.1 Å². The van der Waals surface area contributed by atoms with Gasteiger partial charge in [0.2, 0.25) is 0 Å². The summed E-state index contributed by atoms with van der Waals surface area (Å²) in [6.45, 7) is 6.21. The predicted octanol–water partition coefficient (Wildman–Crippen LogP) is 0.705. The van der Waals surface area contributed by atoms with Crippen molar-refractivity contribution in [3.05, 3.63) is 0 Å². The summed E-state index contributed by atoms with van der Waals surface area (Å²) in [5, 5.41) is 9.62. The molecule has 0 aromatic heterocycles. The van der Waals surface area contributed by atoms with Crippen LogP contribution in [0.25, 0.3) is 0 Å². The van der Waals surface area contributed by atoms with E-state index in [2.05, 4.69) is 0 Å². The first-order valence-electron chi connectivity index (χ1n) is 5.69. The number of carbonyl (C=O) groups excluding carboxylic acids is 1. The van der Waals surface area contributed by atoms with Gasteiger partial charge in [0.25, 0.3) is 0 Å². The summed E-state index contributed by atoms with van der Waals surface area (Å²) in [6.07, 6.45) is 0.478. The number of carbonyl (C=O) groups is 1. The van der Waals surface area contributed by atoms with Crippen LogP contribution in [0.15, 0.2) is 0 Å². The highest BCUT2D eigenvalue weighted by molar-refractivity contribution is 5.68. The Hall–Kier alpha value is -0.810. The molecule has 0 spiro atoms. The van der Waals surface area contributed by atoms with Crippen molar-refractivity contribution in [2.75, 3.05) is 13.1 Å². The maximum absolute atomic E-state index is 11.8. The Balaban J connectivity index is 2.59. The summed E-state index contributed by atoms with van der Waals surface area (Å²) in [6, 6.07) is -0.0790. The summed E-state index contributed by atoms with van der Waals surface area (Å²) in [5.41, 5.74) is 5.31. The summed E-state index contributed by atoms with van der Waals surface area (Å²) in [5.74, 6) is 0. The van der Waals surface area contributed by atoms with Crippen LogP contribution in [0.3, 0.4) is 0 Å². The number of likely N-dealkylation sites (tertiary alicyclic amines) is 1. The van der Waals surface area contributed by atoms with Crippen LogP contribution in [0.5, 0.6) is 0 Å². The van der Waals surface area contributed by atoms with Gasteiger partial charge in [-0.3, -0.25) is 0 Å².